The van der Waals surface area contributed by atoms with Gasteiger partial charge in [0, 0.05) is 55.5 Å². The second kappa shape index (κ2) is 11.5. The predicted molar refractivity (Wildman–Crippen MR) is 145 cm³/mol. The third-order valence-electron chi connectivity index (χ3n) is 6.06. The predicted octanol–water partition coefficient (Wildman–Crippen LogP) is 4.56. The van der Waals surface area contributed by atoms with Crippen LogP contribution in [-0.2, 0) is 6.42 Å². The van der Waals surface area contributed by atoms with Crippen LogP contribution in [0, 0.1) is 13.8 Å². The van der Waals surface area contributed by atoms with Gasteiger partial charge in [0.1, 0.15) is 5.82 Å². The van der Waals surface area contributed by atoms with Gasteiger partial charge in [-0.1, -0.05) is 24.3 Å². The van der Waals surface area contributed by atoms with E-state index in [2.05, 4.69) is 82.8 Å². The Morgan fingerprint density at radius 2 is 2.00 bits per heavy atom. The minimum absolute atomic E-state index is 0. The molecule has 0 atom stereocenters. The first-order chi connectivity index (χ1) is 15.1. The molecule has 0 amide bonds. The van der Waals surface area contributed by atoms with E-state index in [1.807, 2.05) is 6.20 Å². The first-order valence-corrected chi connectivity index (χ1v) is 11.4. The fraction of sp³-hybridized carbons (Fsp3) is 0.440. The molecule has 0 bridgehead atoms. The number of aromatic nitrogens is 2. The molecule has 3 heterocycles. The number of piperidine rings is 1. The first-order valence-electron chi connectivity index (χ1n) is 11.4. The Morgan fingerprint density at radius 1 is 1.19 bits per heavy atom. The van der Waals surface area contributed by atoms with Gasteiger partial charge in [-0.2, -0.15) is 0 Å². The van der Waals surface area contributed by atoms with Gasteiger partial charge >= 0.3 is 0 Å². The van der Waals surface area contributed by atoms with Gasteiger partial charge in [0.2, 0.25) is 0 Å². The molecule has 1 fully saturated rings. The number of rotatable bonds is 6. The third kappa shape index (κ3) is 5.94. The Bertz CT molecular complexity index is 1020. The molecule has 7 heteroatoms. The van der Waals surface area contributed by atoms with E-state index in [9.17, 15) is 0 Å². The molecular formula is C25H35IN6. The van der Waals surface area contributed by atoms with Crippen LogP contribution >= 0.6 is 24.0 Å². The summed E-state index contributed by atoms with van der Waals surface area (Å²) in [6.45, 7) is 10.0. The Hall–Kier alpha value is -2.29. The van der Waals surface area contributed by atoms with Gasteiger partial charge in [0.05, 0.1) is 0 Å². The second-order valence-corrected chi connectivity index (χ2v) is 8.42. The summed E-state index contributed by atoms with van der Waals surface area (Å²) in [6, 6.07) is 11.2. The van der Waals surface area contributed by atoms with Crippen LogP contribution in [0.5, 0.6) is 0 Å². The zero-order valence-corrected chi connectivity index (χ0v) is 21.6. The van der Waals surface area contributed by atoms with Crippen LogP contribution in [0.15, 0.2) is 47.7 Å². The van der Waals surface area contributed by atoms with Crippen LogP contribution in [0.1, 0.15) is 36.5 Å². The lowest BCUT2D eigenvalue weighted by Gasteiger charge is -2.33. The van der Waals surface area contributed by atoms with E-state index in [4.69, 9.17) is 4.99 Å². The number of guanidine groups is 1. The SMILES string of the molecule is CCNC(=NCCc1c[nH]c2c(C)cccc12)NC1CCN(c2ccc(C)cn2)CC1.I. The van der Waals surface area contributed by atoms with Crippen molar-refractivity contribution in [1.29, 1.82) is 0 Å². The molecule has 32 heavy (non-hydrogen) atoms. The minimum atomic E-state index is 0. The van der Waals surface area contributed by atoms with Gasteiger partial charge in [-0.3, -0.25) is 4.99 Å². The zero-order chi connectivity index (χ0) is 21.6. The van der Waals surface area contributed by atoms with Crippen molar-refractivity contribution in [3.8, 4) is 0 Å². The molecule has 0 spiro atoms. The average Bonchev–Trinajstić information content (AvgIpc) is 3.19. The summed E-state index contributed by atoms with van der Waals surface area (Å²) in [6.07, 6.45) is 7.17. The van der Waals surface area contributed by atoms with Crippen molar-refractivity contribution in [3.63, 3.8) is 0 Å². The molecular weight excluding hydrogens is 511 g/mol. The summed E-state index contributed by atoms with van der Waals surface area (Å²) in [7, 11) is 0. The van der Waals surface area contributed by atoms with Crippen LogP contribution < -0.4 is 15.5 Å². The average molecular weight is 547 g/mol. The highest BCUT2D eigenvalue weighted by molar-refractivity contribution is 14.0. The number of para-hydroxylation sites is 1. The summed E-state index contributed by atoms with van der Waals surface area (Å²) in [5.74, 6) is 2.00. The van der Waals surface area contributed by atoms with Crippen molar-refractivity contribution in [1.82, 2.24) is 20.6 Å². The van der Waals surface area contributed by atoms with Crippen molar-refractivity contribution in [2.24, 2.45) is 4.99 Å². The number of nitrogens with one attached hydrogen (secondary N) is 3. The molecule has 2 aromatic heterocycles. The quantitative estimate of drug-likeness (QED) is 0.241. The van der Waals surface area contributed by atoms with Crippen molar-refractivity contribution in [3.05, 3.63) is 59.4 Å². The molecule has 3 aromatic rings. The van der Waals surface area contributed by atoms with E-state index < -0.39 is 0 Å². The highest BCUT2D eigenvalue weighted by Crippen LogP contribution is 2.21. The van der Waals surface area contributed by atoms with Crippen molar-refractivity contribution in [2.45, 2.75) is 46.1 Å². The molecule has 1 aliphatic heterocycles. The van der Waals surface area contributed by atoms with Crippen LogP contribution in [0.4, 0.5) is 5.82 Å². The lowest BCUT2D eigenvalue weighted by molar-refractivity contribution is 0.459. The summed E-state index contributed by atoms with van der Waals surface area (Å²) in [5, 5.41) is 8.37. The van der Waals surface area contributed by atoms with E-state index in [0.29, 0.717) is 6.04 Å². The molecule has 0 aliphatic carbocycles. The maximum Gasteiger partial charge on any atom is 0.191 e. The molecule has 3 N–H and O–H groups in total. The van der Waals surface area contributed by atoms with Crippen molar-refractivity contribution in [2.75, 3.05) is 31.1 Å². The Balaban J connectivity index is 0.00000289. The molecule has 0 saturated carbocycles. The third-order valence-corrected chi connectivity index (χ3v) is 6.06. The number of halogens is 1. The number of H-pyrrole nitrogens is 1. The Morgan fingerprint density at radius 3 is 2.72 bits per heavy atom. The van der Waals surface area contributed by atoms with E-state index in [0.717, 1.165) is 57.2 Å². The van der Waals surface area contributed by atoms with Crippen molar-refractivity contribution >= 4 is 46.7 Å². The van der Waals surface area contributed by atoms with Crippen LogP contribution in [0.2, 0.25) is 0 Å². The molecule has 0 unspecified atom stereocenters. The monoisotopic (exact) mass is 546 g/mol. The molecule has 0 radical (unpaired) electrons. The number of hydrogen-bond donors (Lipinski definition) is 3. The molecule has 1 saturated heterocycles. The van der Waals surface area contributed by atoms with Gasteiger partial charge in [-0.15, -0.1) is 24.0 Å². The van der Waals surface area contributed by atoms with Crippen LogP contribution in [0.25, 0.3) is 10.9 Å². The second-order valence-electron chi connectivity index (χ2n) is 8.42. The van der Waals surface area contributed by atoms with Crippen molar-refractivity contribution < 1.29 is 0 Å². The summed E-state index contributed by atoms with van der Waals surface area (Å²) in [5.41, 5.74) is 5.06. The molecule has 1 aliphatic rings. The summed E-state index contributed by atoms with van der Waals surface area (Å²) < 4.78 is 0. The van der Waals surface area contributed by atoms with Gasteiger partial charge in [-0.05, 0) is 62.8 Å². The largest absolute Gasteiger partial charge is 0.361 e. The number of anilines is 1. The van der Waals surface area contributed by atoms with Gasteiger partial charge < -0.3 is 20.5 Å². The fourth-order valence-corrected chi connectivity index (χ4v) is 4.27. The number of aliphatic imine (C=N–C) groups is 1. The topological polar surface area (TPSA) is 68.3 Å². The number of benzene rings is 1. The van der Waals surface area contributed by atoms with E-state index in [1.165, 1.54) is 27.6 Å². The molecule has 1 aromatic carbocycles. The molecule has 4 rings (SSSR count). The normalized spacial score (nSPS) is 15.0. The number of aryl methyl sites for hydroxylation is 2. The van der Waals surface area contributed by atoms with E-state index in [1.54, 1.807) is 0 Å². The van der Waals surface area contributed by atoms with E-state index in [-0.39, 0.29) is 24.0 Å². The van der Waals surface area contributed by atoms with Crippen LogP contribution in [-0.4, -0.2) is 48.1 Å². The number of aromatic amines is 1. The van der Waals surface area contributed by atoms with E-state index >= 15 is 0 Å². The Kier molecular flexibility index (Phi) is 8.78. The number of hydrogen-bond acceptors (Lipinski definition) is 3. The standard InChI is InChI=1S/C25H34N6.HI/c1-4-26-25(27-13-10-20-17-29-24-19(3)6-5-7-22(20)24)30-21-11-14-31(15-12-21)23-9-8-18(2)16-28-23;/h5-9,16-17,21,29H,4,10-15H2,1-3H3,(H2,26,27,30);1H. The lowest BCUT2D eigenvalue weighted by atomic mass is 10.1. The lowest BCUT2D eigenvalue weighted by Crippen LogP contribution is -2.49. The smallest absolute Gasteiger partial charge is 0.191 e. The first kappa shape index (κ1) is 24.4. The fourth-order valence-electron chi connectivity index (χ4n) is 4.27. The van der Waals surface area contributed by atoms with Gasteiger partial charge in [-0.25, -0.2) is 4.98 Å². The summed E-state index contributed by atoms with van der Waals surface area (Å²) >= 11 is 0. The highest BCUT2D eigenvalue weighted by Gasteiger charge is 2.20. The number of fused-ring (bicyclic) bond motifs is 1. The molecule has 172 valence electrons. The maximum atomic E-state index is 4.85. The van der Waals surface area contributed by atoms with Crippen LogP contribution in [0.3, 0.4) is 0 Å². The van der Waals surface area contributed by atoms with Gasteiger partial charge in [0.25, 0.3) is 0 Å². The Labute approximate surface area is 208 Å². The number of nitrogens with zero attached hydrogens (tertiary/aromatic N) is 3. The molecule has 6 nitrogen and oxygen atoms in total. The highest BCUT2D eigenvalue weighted by atomic mass is 127. The maximum absolute atomic E-state index is 4.85. The zero-order valence-electron chi connectivity index (χ0n) is 19.3. The minimum Gasteiger partial charge on any atom is -0.361 e. The summed E-state index contributed by atoms with van der Waals surface area (Å²) in [4.78, 5) is 15.2. The number of pyridine rings is 1. The van der Waals surface area contributed by atoms with Gasteiger partial charge in [0.15, 0.2) is 5.96 Å².